The molecule has 0 aromatic carbocycles. The minimum absolute atomic E-state index is 0.468. The second-order valence-corrected chi connectivity index (χ2v) is 4.01. The first-order chi connectivity index (χ1) is 8.20. The van der Waals surface area contributed by atoms with Gasteiger partial charge in [-0.25, -0.2) is 0 Å². The fourth-order valence-corrected chi connectivity index (χ4v) is 1.80. The van der Waals surface area contributed by atoms with Gasteiger partial charge in [0.2, 0.25) is 0 Å². The van der Waals surface area contributed by atoms with E-state index in [1.807, 2.05) is 6.92 Å². The van der Waals surface area contributed by atoms with Crippen LogP contribution in [0.5, 0.6) is 0 Å². The van der Waals surface area contributed by atoms with Crippen LogP contribution >= 0.6 is 11.6 Å². The Balaban J connectivity index is 2.40. The highest BCUT2D eigenvalue weighted by Gasteiger charge is 2.17. The van der Waals surface area contributed by atoms with Crippen LogP contribution in [0.25, 0.3) is 0 Å². The molecule has 0 saturated heterocycles. The van der Waals surface area contributed by atoms with E-state index in [9.17, 15) is 5.11 Å². The second kappa shape index (κ2) is 7.66. The number of aliphatic hydroxyl groups is 1. The Bertz CT molecular complexity index is 331. The third kappa shape index (κ3) is 4.27. The molecule has 0 bridgehead atoms. The Hall–Kier alpha value is -0.620. The molecule has 0 fully saturated rings. The topological polar surface area (TPSA) is 56.5 Å². The van der Waals surface area contributed by atoms with Crippen molar-refractivity contribution in [1.29, 1.82) is 0 Å². The van der Waals surface area contributed by atoms with Gasteiger partial charge in [-0.3, -0.25) is 4.68 Å². The average Bonchev–Trinajstić information content (AvgIpc) is 2.70. The van der Waals surface area contributed by atoms with Gasteiger partial charge in [0.25, 0.3) is 0 Å². The molecule has 6 heteroatoms. The number of halogens is 1. The normalized spacial score (nSPS) is 12.9. The van der Waals surface area contributed by atoms with Crippen LogP contribution in [0.1, 0.15) is 25.1 Å². The Kier molecular flexibility index (Phi) is 6.50. The highest BCUT2D eigenvalue weighted by atomic mass is 35.5. The number of ether oxygens (including phenoxy) is 2. The van der Waals surface area contributed by atoms with Gasteiger partial charge >= 0.3 is 0 Å². The van der Waals surface area contributed by atoms with E-state index in [0.717, 1.165) is 0 Å². The van der Waals surface area contributed by atoms with Crippen LogP contribution in [0.3, 0.4) is 0 Å². The zero-order chi connectivity index (χ0) is 12.7. The van der Waals surface area contributed by atoms with Gasteiger partial charge in [0.05, 0.1) is 36.2 Å². The number of hydrogen-bond acceptors (Lipinski definition) is 4. The molecule has 1 aromatic heterocycles. The summed E-state index contributed by atoms with van der Waals surface area (Å²) in [5, 5.41) is 14.6. The van der Waals surface area contributed by atoms with E-state index >= 15 is 0 Å². The predicted molar refractivity (Wildman–Crippen MR) is 65.2 cm³/mol. The van der Waals surface area contributed by atoms with Crippen molar-refractivity contribution >= 4 is 11.6 Å². The smallest absolute Gasteiger partial charge is 0.0993 e. The molecule has 0 aliphatic heterocycles. The van der Waals surface area contributed by atoms with E-state index in [-0.39, 0.29) is 0 Å². The Morgan fingerprint density at radius 1 is 1.47 bits per heavy atom. The summed E-state index contributed by atoms with van der Waals surface area (Å²) in [6.07, 6.45) is 1.40. The second-order valence-electron chi connectivity index (χ2n) is 3.60. The minimum Gasteiger partial charge on any atom is -0.387 e. The SMILES string of the molecule is CCn1ncc(Cl)c1C(O)CCOCCOC. The van der Waals surface area contributed by atoms with Gasteiger partial charge in [0.1, 0.15) is 0 Å². The number of hydrogen-bond donors (Lipinski definition) is 1. The van der Waals surface area contributed by atoms with Gasteiger partial charge in [-0.15, -0.1) is 0 Å². The van der Waals surface area contributed by atoms with E-state index in [2.05, 4.69) is 5.10 Å². The molecule has 1 rings (SSSR count). The van der Waals surface area contributed by atoms with Crippen molar-refractivity contribution in [2.45, 2.75) is 26.0 Å². The molecule has 1 heterocycles. The molecule has 0 radical (unpaired) electrons. The summed E-state index contributed by atoms with van der Waals surface area (Å²) >= 11 is 5.98. The van der Waals surface area contributed by atoms with Crippen molar-refractivity contribution in [3.05, 3.63) is 16.9 Å². The molecule has 0 saturated carbocycles. The predicted octanol–water partition coefficient (Wildman–Crippen LogP) is 1.64. The fourth-order valence-electron chi connectivity index (χ4n) is 1.53. The lowest BCUT2D eigenvalue weighted by atomic mass is 10.2. The molecule has 0 aliphatic rings. The summed E-state index contributed by atoms with van der Waals surface area (Å²) in [6.45, 7) is 4.20. The lowest BCUT2D eigenvalue weighted by molar-refractivity contribution is 0.0457. The number of aliphatic hydroxyl groups excluding tert-OH is 1. The molecule has 0 spiro atoms. The highest BCUT2D eigenvalue weighted by molar-refractivity contribution is 6.31. The van der Waals surface area contributed by atoms with Crippen molar-refractivity contribution in [2.24, 2.45) is 0 Å². The monoisotopic (exact) mass is 262 g/mol. The number of aryl methyl sites for hydroxylation is 1. The van der Waals surface area contributed by atoms with Crippen LogP contribution in [-0.4, -0.2) is 41.8 Å². The largest absolute Gasteiger partial charge is 0.387 e. The van der Waals surface area contributed by atoms with E-state index in [1.54, 1.807) is 18.0 Å². The van der Waals surface area contributed by atoms with E-state index in [1.165, 1.54) is 0 Å². The van der Waals surface area contributed by atoms with Crippen LogP contribution in [-0.2, 0) is 16.0 Å². The molecule has 1 atom stereocenters. The summed E-state index contributed by atoms with van der Waals surface area (Å²) < 4.78 is 11.8. The van der Waals surface area contributed by atoms with Crippen molar-refractivity contribution in [3.8, 4) is 0 Å². The average molecular weight is 263 g/mol. The molecule has 1 aromatic rings. The Morgan fingerprint density at radius 3 is 2.88 bits per heavy atom. The van der Waals surface area contributed by atoms with E-state index in [4.69, 9.17) is 21.1 Å². The maximum Gasteiger partial charge on any atom is 0.0993 e. The first-order valence-corrected chi connectivity index (χ1v) is 6.04. The summed E-state index contributed by atoms with van der Waals surface area (Å²) in [6, 6.07) is 0. The molecule has 17 heavy (non-hydrogen) atoms. The zero-order valence-electron chi connectivity index (χ0n) is 10.2. The quantitative estimate of drug-likeness (QED) is 0.724. The third-order valence-electron chi connectivity index (χ3n) is 2.42. The zero-order valence-corrected chi connectivity index (χ0v) is 11.0. The third-order valence-corrected chi connectivity index (χ3v) is 2.71. The standard InChI is InChI=1S/C11H19ClN2O3/c1-3-14-11(9(12)8-13-14)10(15)4-5-17-7-6-16-2/h8,10,15H,3-7H2,1-2H3. The molecule has 1 unspecified atom stereocenters. The lowest BCUT2D eigenvalue weighted by Gasteiger charge is -2.13. The van der Waals surface area contributed by atoms with E-state index < -0.39 is 6.10 Å². The summed E-state index contributed by atoms with van der Waals surface area (Å²) in [4.78, 5) is 0. The first-order valence-electron chi connectivity index (χ1n) is 5.66. The molecular weight excluding hydrogens is 244 g/mol. The van der Waals surface area contributed by atoms with Gasteiger partial charge in [-0.1, -0.05) is 11.6 Å². The highest BCUT2D eigenvalue weighted by Crippen LogP contribution is 2.24. The number of rotatable bonds is 8. The maximum absolute atomic E-state index is 10.0. The van der Waals surface area contributed by atoms with Gasteiger partial charge in [0.15, 0.2) is 0 Å². The Morgan fingerprint density at radius 2 is 2.24 bits per heavy atom. The molecule has 98 valence electrons. The molecule has 1 N–H and O–H groups in total. The molecule has 0 amide bonds. The maximum atomic E-state index is 10.0. The van der Waals surface area contributed by atoms with Gasteiger partial charge in [-0.2, -0.15) is 5.10 Å². The molecular formula is C11H19ClN2O3. The van der Waals surface area contributed by atoms with Crippen LogP contribution < -0.4 is 0 Å². The van der Waals surface area contributed by atoms with Crippen LogP contribution in [0.15, 0.2) is 6.20 Å². The van der Waals surface area contributed by atoms with Crippen molar-refractivity contribution in [1.82, 2.24) is 9.78 Å². The molecule has 0 aliphatic carbocycles. The van der Waals surface area contributed by atoms with Crippen molar-refractivity contribution in [3.63, 3.8) is 0 Å². The van der Waals surface area contributed by atoms with Gasteiger partial charge in [-0.05, 0) is 6.92 Å². The Labute approximate surface area is 106 Å². The number of methoxy groups -OCH3 is 1. The van der Waals surface area contributed by atoms with Gasteiger partial charge in [0, 0.05) is 26.7 Å². The minimum atomic E-state index is -0.646. The van der Waals surface area contributed by atoms with Crippen molar-refractivity contribution < 1.29 is 14.6 Å². The lowest BCUT2D eigenvalue weighted by Crippen LogP contribution is -2.11. The van der Waals surface area contributed by atoms with Crippen molar-refractivity contribution in [2.75, 3.05) is 26.9 Å². The van der Waals surface area contributed by atoms with Crippen LogP contribution in [0.4, 0.5) is 0 Å². The van der Waals surface area contributed by atoms with Gasteiger partial charge < -0.3 is 14.6 Å². The van der Waals surface area contributed by atoms with Crippen LogP contribution in [0, 0.1) is 0 Å². The fraction of sp³-hybridized carbons (Fsp3) is 0.727. The van der Waals surface area contributed by atoms with E-state index in [0.29, 0.717) is 43.5 Å². The number of nitrogens with zero attached hydrogens (tertiary/aromatic N) is 2. The summed E-state index contributed by atoms with van der Waals surface area (Å²) in [7, 11) is 1.62. The first kappa shape index (κ1) is 14.4. The summed E-state index contributed by atoms with van der Waals surface area (Å²) in [5.41, 5.74) is 0.657. The summed E-state index contributed by atoms with van der Waals surface area (Å²) in [5.74, 6) is 0. The molecule has 5 nitrogen and oxygen atoms in total. The number of aromatic nitrogens is 2. The van der Waals surface area contributed by atoms with Crippen LogP contribution in [0.2, 0.25) is 5.02 Å².